The Kier molecular flexibility index (Phi) is 5.47. The van der Waals surface area contributed by atoms with E-state index < -0.39 is 0 Å². The van der Waals surface area contributed by atoms with E-state index in [2.05, 4.69) is 114 Å². The van der Waals surface area contributed by atoms with Gasteiger partial charge in [-0.3, -0.25) is 4.57 Å². The molecular weight excluding hydrogens is 538 g/mol. The Morgan fingerprint density at radius 1 is 0.455 bits per heavy atom. The molecule has 4 heteroatoms. The van der Waals surface area contributed by atoms with Crippen LogP contribution in [-0.2, 0) is 0 Å². The van der Waals surface area contributed by atoms with Crippen molar-refractivity contribution < 1.29 is 4.74 Å². The van der Waals surface area contributed by atoms with Crippen molar-refractivity contribution in [2.24, 2.45) is 0 Å². The van der Waals surface area contributed by atoms with Gasteiger partial charge in [-0.2, -0.15) is 0 Å². The van der Waals surface area contributed by atoms with Gasteiger partial charge in [-0.25, -0.2) is 9.97 Å². The number of rotatable bonds is 3. The third-order valence-corrected chi connectivity index (χ3v) is 8.43. The Bertz CT molecular complexity index is 2360. The molecule has 1 aliphatic heterocycles. The van der Waals surface area contributed by atoms with Crippen LogP contribution in [0.4, 0.5) is 0 Å². The maximum Gasteiger partial charge on any atom is 0.235 e. The number of hydrogen-bond acceptors (Lipinski definition) is 3. The van der Waals surface area contributed by atoms with Crippen LogP contribution in [0.1, 0.15) is 0 Å². The first kappa shape index (κ1) is 24.6. The summed E-state index contributed by atoms with van der Waals surface area (Å²) in [5, 5.41) is 2.13. The lowest BCUT2D eigenvalue weighted by molar-refractivity contribution is 0.487. The molecule has 8 aromatic rings. The third kappa shape index (κ3) is 3.71. The first-order valence-electron chi connectivity index (χ1n) is 14.8. The van der Waals surface area contributed by atoms with Crippen LogP contribution >= 0.6 is 0 Å². The molecule has 0 aliphatic carbocycles. The summed E-state index contributed by atoms with van der Waals surface area (Å²) in [6, 6.07) is 52.3. The van der Waals surface area contributed by atoms with E-state index in [1.807, 2.05) is 42.5 Å². The van der Waals surface area contributed by atoms with Crippen molar-refractivity contribution in [2.45, 2.75) is 0 Å². The standard InChI is InChI=1S/C40H25N3O/c1-3-14-26(15-4-1)28-21-13-22-32-36-30-19-8-11-24-34(30)44-35-25-12-9-20-31(35)39(36)43(38(28)32)40-41-33-23-10-7-18-29(33)37(42-40)27-16-5-2-6-17-27/h1-25H. The molecule has 0 atom stereocenters. The summed E-state index contributed by atoms with van der Waals surface area (Å²) in [7, 11) is 0. The van der Waals surface area contributed by atoms with Crippen LogP contribution in [0.15, 0.2) is 152 Å². The van der Waals surface area contributed by atoms with E-state index in [9.17, 15) is 0 Å². The number of para-hydroxylation sites is 4. The molecule has 0 unspecified atom stereocenters. The van der Waals surface area contributed by atoms with Crippen LogP contribution in [0.25, 0.3) is 72.5 Å². The molecule has 0 spiro atoms. The van der Waals surface area contributed by atoms with Crippen LogP contribution < -0.4 is 4.74 Å². The lowest BCUT2D eigenvalue weighted by Crippen LogP contribution is -2.06. The average Bonchev–Trinajstić information content (AvgIpc) is 3.36. The third-order valence-electron chi connectivity index (χ3n) is 8.43. The van der Waals surface area contributed by atoms with Crippen LogP contribution in [0, 0.1) is 0 Å². The van der Waals surface area contributed by atoms with E-state index in [1.165, 1.54) is 0 Å². The molecule has 0 fully saturated rings. The van der Waals surface area contributed by atoms with Gasteiger partial charge in [-0.05, 0) is 29.8 Å². The van der Waals surface area contributed by atoms with Gasteiger partial charge in [0.1, 0.15) is 11.5 Å². The van der Waals surface area contributed by atoms with E-state index in [0.29, 0.717) is 5.95 Å². The Hall–Kier alpha value is -6.00. The number of ether oxygens (including phenoxy) is 1. The monoisotopic (exact) mass is 563 g/mol. The molecule has 0 saturated carbocycles. The van der Waals surface area contributed by atoms with Crippen molar-refractivity contribution in [3.05, 3.63) is 152 Å². The van der Waals surface area contributed by atoms with Crippen molar-refractivity contribution in [3.8, 4) is 62.2 Å². The first-order valence-corrected chi connectivity index (χ1v) is 14.8. The van der Waals surface area contributed by atoms with Crippen molar-refractivity contribution >= 4 is 21.8 Å². The Morgan fingerprint density at radius 3 is 1.84 bits per heavy atom. The van der Waals surface area contributed by atoms with E-state index >= 15 is 0 Å². The molecule has 9 rings (SSSR count). The first-order chi connectivity index (χ1) is 21.8. The molecule has 0 bridgehead atoms. The second kappa shape index (κ2) is 9.79. The number of aromatic nitrogens is 3. The summed E-state index contributed by atoms with van der Waals surface area (Å²) in [4.78, 5) is 10.6. The Labute approximate surface area is 254 Å². The fraction of sp³-hybridized carbons (Fsp3) is 0. The van der Waals surface area contributed by atoms with E-state index in [0.717, 1.165) is 78.1 Å². The van der Waals surface area contributed by atoms with Gasteiger partial charge in [0.2, 0.25) is 5.95 Å². The molecule has 6 aromatic carbocycles. The molecule has 0 N–H and O–H groups in total. The normalized spacial score (nSPS) is 11.8. The zero-order valence-corrected chi connectivity index (χ0v) is 23.7. The second-order valence-electron chi connectivity index (χ2n) is 11.0. The number of benzene rings is 6. The highest BCUT2D eigenvalue weighted by Gasteiger charge is 2.30. The maximum absolute atomic E-state index is 6.61. The van der Waals surface area contributed by atoms with Crippen LogP contribution in [-0.4, -0.2) is 14.5 Å². The highest BCUT2D eigenvalue weighted by atomic mass is 16.5. The van der Waals surface area contributed by atoms with Gasteiger partial charge in [-0.15, -0.1) is 0 Å². The van der Waals surface area contributed by atoms with Crippen molar-refractivity contribution in [1.82, 2.24) is 14.5 Å². The minimum Gasteiger partial charge on any atom is -0.456 e. The van der Waals surface area contributed by atoms with Gasteiger partial charge in [0.25, 0.3) is 0 Å². The van der Waals surface area contributed by atoms with Crippen LogP contribution in [0.5, 0.6) is 11.5 Å². The topological polar surface area (TPSA) is 39.9 Å². The molecule has 4 nitrogen and oxygen atoms in total. The molecule has 0 amide bonds. The highest BCUT2D eigenvalue weighted by Crippen LogP contribution is 2.52. The zero-order chi connectivity index (χ0) is 29.0. The summed E-state index contributed by atoms with van der Waals surface area (Å²) in [6.45, 7) is 0. The molecule has 44 heavy (non-hydrogen) atoms. The van der Waals surface area contributed by atoms with Crippen LogP contribution in [0.2, 0.25) is 0 Å². The smallest absolute Gasteiger partial charge is 0.235 e. The Balaban J connectivity index is 1.50. The van der Waals surface area contributed by atoms with Crippen molar-refractivity contribution in [2.75, 3.05) is 0 Å². The molecular formula is C40H25N3O. The summed E-state index contributed by atoms with van der Waals surface area (Å²) >= 11 is 0. The lowest BCUT2D eigenvalue weighted by Gasteiger charge is -2.16. The van der Waals surface area contributed by atoms with Gasteiger partial charge < -0.3 is 4.74 Å². The summed E-state index contributed by atoms with van der Waals surface area (Å²) in [6.07, 6.45) is 0. The minimum absolute atomic E-state index is 0.617. The molecule has 0 radical (unpaired) electrons. The predicted octanol–water partition coefficient (Wildman–Crippen LogP) is 10.3. The molecule has 206 valence electrons. The van der Waals surface area contributed by atoms with Crippen LogP contribution in [0.3, 0.4) is 0 Å². The highest BCUT2D eigenvalue weighted by molar-refractivity contribution is 6.12. The summed E-state index contributed by atoms with van der Waals surface area (Å²) in [5.74, 6) is 2.24. The number of fused-ring (bicyclic) bond motifs is 8. The lowest BCUT2D eigenvalue weighted by atomic mass is 9.96. The fourth-order valence-electron chi connectivity index (χ4n) is 6.53. The Morgan fingerprint density at radius 2 is 1.05 bits per heavy atom. The van der Waals surface area contributed by atoms with Gasteiger partial charge in [0.05, 0.1) is 22.4 Å². The van der Waals surface area contributed by atoms with Gasteiger partial charge in [0, 0.05) is 38.6 Å². The average molecular weight is 564 g/mol. The van der Waals surface area contributed by atoms with E-state index in [4.69, 9.17) is 14.7 Å². The summed E-state index contributed by atoms with van der Waals surface area (Å²) in [5.41, 5.74) is 10.3. The summed E-state index contributed by atoms with van der Waals surface area (Å²) < 4.78 is 8.87. The van der Waals surface area contributed by atoms with Crippen molar-refractivity contribution in [3.63, 3.8) is 0 Å². The zero-order valence-electron chi connectivity index (χ0n) is 23.7. The van der Waals surface area contributed by atoms with Gasteiger partial charge in [0.15, 0.2) is 0 Å². The molecule has 3 heterocycles. The SMILES string of the molecule is c1ccc(-c2nc(-n3c4c(c5cccc(-c6ccccc6)c53)-c3ccccc3Oc3ccccc3-4)nc3ccccc23)cc1. The van der Waals surface area contributed by atoms with E-state index in [-0.39, 0.29) is 0 Å². The number of nitrogens with zero attached hydrogens (tertiary/aromatic N) is 3. The van der Waals surface area contributed by atoms with Gasteiger partial charge in [-0.1, -0.05) is 127 Å². The predicted molar refractivity (Wildman–Crippen MR) is 178 cm³/mol. The largest absolute Gasteiger partial charge is 0.456 e. The molecule has 1 aliphatic rings. The van der Waals surface area contributed by atoms with E-state index in [1.54, 1.807) is 0 Å². The fourth-order valence-corrected chi connectivity index (χ4v) is 6.53. The maximum atomic E-state index is 6.61. The number of hydrogen-bond donors (Lipinski definition) is 0. The molecule has 2 aromatic heterocycles. The minimum atomic E-state index is 0.617. The molecule has 0 saturated heterocycles. The quantitative estimate of drug-likeness (QED) is 0.215. The van der Waals surface area contributed by atoms with Gasteiger partial charge >= 0.3 is 0 Å². The van der Waals surface area contributed by atoms with Crippen molar-refractivity contribution in [1.29, 1.82) is 0 Å². The second-order valence-corrected chi connectivity index (χ2v) is 11.0.